The van der Waals surface area contributed by atoms with Crippen molar-refractivity contribution in [1.29, 1.82) is 0 Å². The predicted molar refractivity (Wildman–Crippen MR) is 71.9 cm³/mol. The predicted octanol–water partition coefficient (Wildman–Crippen LogP) is 0.674. The average Bonchev–Trinajstić information content (AvgIpc) is 2.43. The summed E-state index contributed by atoms with van der Waals surface area (Å²) in [6, 6.07) is 8.69. The average molecular weight is 278 g/mol. The van der Waals surface area contributed by atoms with E-state index in [9.17, 15) is 9.59 Å². The molecule has 1 aromatic carbocycles. The molecule has 2 N–H and O–H groups in total. The molecule has 0 aliphatic carbocycles. The second-order valence-electron chi connectivity index (χ2n) is 4.63. The molecule has 1 aliphatic heterocycles. The van der Waals surface area contributed by atoms with E-state index in [-0.39, 0.29) is 12.5 Å². The number of alkyl carbamates (subject to hydrolysis) is 1. The maximum atomic E-state index is 11.7. The van der Waals surface area contributed by atoms with Gasteiger partial charge in [-0.2, -0.15) is 0 Å². The first-order valence-electron chi connectivity index (χ1n) is 6.46. The molecular formula is C14H18N2O4. The number of carbonyl (C=O) groups excluding carboxylic acids is 2. The van der Waals surface area contributed by atoms with Crippen molar-refractivity contribution in [2.24, 2.45) is 5.92 Å². The molecule has 108 valence electrons. The molecule has 0 unspecified atom stereocenters. The maximum absolute atomic E-state index is 11.7. The van der Waals surface area contributed by atoms with Crippen LogP contribution in [0.15, 0.2) is 30.3 Å². The highest BCUT2D eigenvalue weighted by molar-refractivity contribution is 5.81. The van der Waals surface area contributed by atoms with E-state index in [0.29, 0.717) is 13.1 Å². The Hall–Kier alpha value is -2.08. The van der Waals surface area contributed by atoms with Crippen molar-refractivity contribution >= 4 is 12.1 Å². The summed E-state index contributed by atoms with van der Waals surface area (Å²) < 4.78 is 9.79. The molecule has 0 radical (unpaired) electrons. The van der Waals surface area contributed by atoms with Gasteiger partial charge in [0.1, 0.15) is 12.6 Å². The number of hydrogen-bond donors (Lipinski definition) is 2. The SMILES string of the molecule is COC(=O)[C@H](NC(=O)OCc1ccccc1)C1CNC1. The number of hydrogen-bond acceptors (Lipinski definition) is 5. The fourth-order valence-electron chi connectivity index (χ4n) is 1.93. The lowest BCUT2D eigenvalue weighted by Gasteiger charge is -2.33. The summed E-state index contributed by atoms with van der Waals surface area (Å²) >= 11 is 0. The Kier molecular flexibility index (Phi) is 4.95. The lowest BCUT2D eigenvalue weighted by Crippen LogP contribution is -2.58. The first-order chi connectivity index (χ1) is 9.70. The summed E-state index contributed by atoms with van der Waals surface area (Å²) in [5.74, 6) is -0.403. The van der Waals surface area contributed by atoms with Crippen LogP contribution in [0, 0.1) is 5.92 Å². The Morgan fingerprint density at radius 2 is 2.05 bits per heavy atom. The lowest BCUT2D eigenvalue weighted by atomic mass is 9.94. The van der Waals surface area contributed by atoms with Gasteiger partial charge in [-0.25, -0.2) is 9.59 Å². The van der Waals surface area contributed by atoms with Crippen LogP contribution in [0.25, 0.3) is 0 Å². The molecular weight excluding hydrogens is 260 g/mol. The molecule has 1 aliphatic rings. The second-order valence-corrected chi connectivity index (χ2v) is 4.63. The smallest absolute Gasteiger partial charge is 0.408 e. The van der Waals surface area contributed by atoms with Crippen molar-refractivity contribution in [3.8, 4) is 0 Å². The van der Waals surface area contributed by atoms with Crippen LogP contribution in [-0.4, -0.2) is 38.3 Å². The highest BCUT2D eigenvalue weighted by atomic mass is 16.6. The lowest BCUT2D eigenvalue weighted by molar-refractivity contribution is -0.145. The monoisotopic (exact) mass is 278 g/mol. The van der Waals surface area contributed by atoms with E-state index in [4.69, 9.17) is 9.47 Å². The molecule has 0 bridgehead atoms. The Balaban J connectivity index is 1.83. The van der Waals surface area contributed by atoms with E-state index in [1.165, 1.54) is 7.11 Å². The third-order valence-corrected chi connectivity index (χ3v) is 3.23. The van der Waals surface area contributed by atoms with Crippen molar-refractivity contribution in [2.45, 2.75) is 12.6 Å². The number of carbonyl (C=O) groups is 2. The van der Waals surface area contributed by atoms with Crippen molar-refractivity contribution in [3.05, 3.63) is 35.9 Å². The van der Waals surface area contributed by atoms with Gasteiger partial charge in [-0.3, -0.25) is 0 Å². The van der Waals surface area contributed by atoms with Crippen LogP contribution in [0.4, 0.5) is 4.79 Å². The third-order valence-electron chi connectivity index (χ3n) is 3.23. The van der Waals surface area contributed by atoms with Crippen LogP contribution in [0.5, 0.6) is 0 Å². The van der Waals surface area contributed by atoms with Crippen LogP contribution < -0.4 is 10.6 Å². The van der Waals surface area contributed by atoms with Crippen molar-refractivity contribution in [3.63, 3.8) is 0 Å². The van der Waals surface area contributed by atoms with Crippen LogP contribution in [-0.2, 0) is 20.9 Å². The molecule has 0 aromatic heterocycles. The van der Waals surface area contributed by atoms with Gasteiger partial charge in [0.25, 0.3) is 0 Å². The molecule has 1 fully saturated rings. The molecule has 1 heterocycles. The Morgan fingerprint density at radius 1 is 1.35 bits per heavy atom. The van der Waals surface area contributed by atoms with Crippen LogP contribution in [0.3, 0.4) is 0 Å². The molecule has 6 heteroatoms. The number of benzene rings is 1. The molecule has 20 heavy (non-hydrogen) atoms. The van der Waals surface area contributed by atoms with Crippen molar-refractivity contribution in [1.82, 2.24) is 10.6 Å². The normalized spacial score (nSPS) is 15.8. The minimum atomic E-state index is -0.662. The summed E-state index contributed by atoms with van der Waals surface area (Å²) in [6.07, 6.45) is -0.615. The zero-order valence-electron chi connectivity index (χ0n) is 11.3. The summed E-state index contributed by atoms with van der Waals surface area (Å²) in [4.78, 5) is 23.4. The highest BCUT2D eigenvalue weighted by Crippen LogP contribution is 2.11. The van der Waals surface area contributed by atoms with Crippen LogP contribution in [0.1, 0.15) is 5.56 Å². The Morgan fingerprint density at radius 3 is 2.60 bits per heavy atom. The molecule has 0 saturated carbocycles. The maximum Gasteiger partial charge on any atom is 0.408 e. The van der Waals surface area contributed by atoms with E-state index in [0.717, 1.165) is 5.56 Å². The molecule has 1 amide bonds. The number of ether oxygens (including phenoxy) is 2. The second kappa shape index (κ2) is 6.91. The number of amides is 1. The van der Waals surface area contributed by atoms with E-state index < -0.39 is 18.1 Å². The van der Waals surface area contributed by atoms with Gasteiger partial charge in [0.15, 0.2) is 0 Å². The summed E-state index contributed by atoms with van der Waals surface area (Å²) in [7, 11) is 1.30. The molecule has 1 atom stereocenters. The molecule has 1 aromatic rings. The molecule has 6 nitrogen and oxygen atoms in total. The van der Waals surface area contributed by atoms with E-state index in [1.807, 2.05) is 30.3 Å². The van der Waals surface area contributed by atoms with Crippen LogP contribution >= 0.6 is 0 Å². The summed E-state index contributed by atoms with van der Waals surface area (Å²) in [6.45, 7) is 1.53. The quantitative estimate of drug-likeness (QED) is 0.774. The van der Waals surface area contributed by atoms with Gasteiger partial charge in [-0.1, -0.05) is 30.3 Å². The number of methoxy groups -OCH3 is 1. The standard InChI is InChI=1S/C14H18N2O4/c1-19-13(17)12(11-7-15-8-11)16-14(18)20-9-10-5-3-2-4-6-10/h2-6,11-12,15H,7-9H2,1H3,(H,16,18)/t12-/m1/s1. The largest absolute Gasteiger partial charge is 0.467 e. The molecule has 1 saturated heterocycles. The highest BCUT2D eigenvalue weighted by Gasteiger charge is 2.34. The van der Waals surface area contributed by atoms with Gasteiger partial charge in [-0.15, -0.1) is 0 Å². The molecule has 0 spiro atoms. The first-order valence-corrected chi connectivity index (χ1v) is 6.46. The van der Waals surface area contributed by atoms with Gasteiger partial charge in [0.05, 0.1) is 7.11 Å². The zero-order chi connectivity index (χ0) is 14.4. The van der Waals surface area contributed by atoms with Crippen LogP contribution in [0.2, 0.25) is 0 Å². The molecule has 2 rings (SSSR count). The van der Waals surface area contributed by atoms with Gasteiger partial charge in [0, 0.05) is 19.0 Å². The summed E-state index contributed by atoms with van der Waals surface area (Å²) in [5.41, 5.74) is 0.891. The minimum Gasteiger partial charge on any atom is -0.467 e. The zero-order valence-corrected chi connectivity index (χ0v) is 11.3. The third kappa shape index (κ3) is 3.71. The van der Waals surface area contributed by atoms with E-state index in [2.05, 4.69) is 10.6 Å². The first kappa shape index (κ1) is 14.3. The Bertz CT molecular complexity index is 460. The number of esters is 1. The van der Waals surface area contributed by atoms with Gasteiger partial charge < -0.3 is 20.1 Å². The van der Waals surface area contributed by atoms with E-state index in [1.54, 1.807) is 0 Å². The fraction of sp³-hybridized carbons (Fsp3) is 0.429. The number of nitrogens with one attached hydrogen (secondary N) is 2. The van der Waals surface area contributed by atoms with Gasteiger partial charge in [-0.05, 0) is 5.56 Å². The van der Waals surface area contributed by atoms with Gasteiger partial charge >= 0.3 is 12.1 Å². The number of rotatable bonds is 5. The van der Waals surface area contributed by atoms with Gasteiger partial charge in [0.2, 0.25) is 0 Å². The summed E-state index contributed by atoms with van der Waals surface area (Å²) in [5, 5.41) is 5.62. The van der Waals surface area contributed by atoms with Crippen molar-refractivity contribution in [2.75, 3.05) is 20.2 Å². The van der Waals surface area contributed by atoms with E-state index >= 15 is 0 Å². The van der Waals surface area contributed by atoms with Crippen molar-refractivity contribution < 1.29 is 19.1 Å². The topological polar surface area (TPSA) is 76.7 Å². The fourth-order valence-corrected chi connectivity index (χ4v) is 1.93. The Labute approximate surface area is 117 Å². The minimum absolute atomic E-state index is 0.0479.